The largest absolute Gasteiger partial charge is 0.491 e. The predicted octanol–water partition coefficient (Wildman–Crippen LogP) is 1.42. The molecule has 0 aliphatic carbocycles. The topological polar surface area (TPSA) is 88.9 Å². The van der Waals surface area contributed by atoms with Crippen LogP contribution < -0.4 is 4.74 Å². The highest BCUT2D eigenvalue weighted by molar-refractivity contribution is 6.03. The van der Waals surface area contributed by atoms with Gasteiger partial charge in [0, 0.05) is 27.2 Å². The zero-order chi connectivity index (χ0) is 23.0. The van der Waals surface area contributed by atoms with E-state index in [9.17, 15) is 14.7 Å². The number of β-amino-alcohol motifs (C(OH)–C–C–N with tert-alkyl or cyclic N) is 1. The van der Waals surface area contributed by atoms with Crippen molar-refractivity contribution in [2.45, 2.75) is 51.4 Å². The van der Waals surface area contributed by atoms with Crippen LogP contribution in [0.4, 0.5) is 4.79 Å². The van der Waals surface area contributed by atoms with Crippen molar-refractivity contribution < 1.29 is 19.4 Å². The number of likely N-dealkylation sites (tertiary alicyclic amines) is 1. The van der Waals surface area contributed by atoms with Crippen molar-refractivity contribution in [1.29, 1.82) is 0 Å². The molecule has 174 valence electrons. The Bertz CT molecular complexity index is 914. The molecule has 0 aromatic heterocycles. The van der Waals surface area contributed by atoms with E-state index in [1.807, 2.05) is 36.9 Å². The smallest absolute Gasteiger partial charge is 0.328 e. The number of aliphatic imine (C=N–C) groups is 1. The number of aryl methyl sites for hydroxylation is 2. The Morgan fingerprint density at radius 2 is 1.84 bits per heavy atom. The van der Waals surface area contributed by atoms with E-state index in [-0.39, 0.29) is 25.1 Å². The number of guanidine groups is 1. The Morgan fingerprint density at radius 1 is 1.12 bits per heavy atom. The molecule has 3 aliphatic rings. The highest BCUT2D eigenvalue weighted by atomic mass is 16.5. The third kappa shape index (κ3) is 4.13. The molecule has 1 aromatic rings. The lowest BCUT2D eigenvalue weighted by atomic mass is 10.1. The maximum absolute atomic E-state index is 13.1. The van der Waals surface area contributed by atoms with E-state index in [0.29, 0.717) is 11.7 Å². The third-order valence-electron chi connectivity index (χ3n) is 6.66. The van der Waals surface area contributed by atoms with E-state index in [1.54, 1.807) is 7.05 Å². The van der Waals surface area contributed by atoms with Gasteiger partial charge in [-0.1, -0.05) is 6.07 Å². The molecule has 3 heterocycles. The zero-order valence-corrected chi connectivity index (χ0v) is 19.3. The van der Waals surface area contributed by atoms with Crippen molar-refractivity contribution in [3.63, 3.8) is 0 Å². The number of piperidine rings is 1. The lowest BCUT2D eigenvalue weighted by molar-refractivity contribution is -0.136. The van der Waals surface area contributed by atoms with Crippen molar-refractivity contribution in [3.05, 3.63) is 29.3 Å². The van der Waals surface area contributed by atoms with E-state index in [4.69, 9.17) is 9.73 Å². The molecular formula is C23H33N5O4. The number of ether oxygens (including phenoxy) is 1. The number of urea groups is 1. The van der Waals surface area contributed by atoms with Crippen LogP contribution in [-0.2, 0) is 4.79 Å². The monoisotopic (exact) mass is 443 g/mol. The summed E-state index contributed by atoms with van der Waals surface area (Å²) in [4.78, 5) is 37.0. The van der Waals surface area contributed by atoms with Crippen LogP contribution in [0.5, 0.6) is 5.75 Å². The van der Waals surface area contributed by atoms with Gasteiger partial charge in [-0.15, -0.1) is 0 Å². The first-order chi connectivity index (χ1) is 15.3. The standard InChI is InChI=1S/C23H33N5O4/c1-15-8-9-18(12-16(15)2)32-14-17(29)13-28-19-20(25(3)23(31)26(4)21(19)30)24-22(28)27-10-6-5-7-11-27/h8-9,12,17,19-20,29H,5-7,10-11,13-14H2,1-4H3. The number of hydrogen-bond donors (Lipinski definition) is 1. The summed E-state index contributed by atoms with van der Waals surface area (Å²) in [6.45, 7) is 6.06. The Hall–Kier alpha value is -2.81. The second-order valence-electron chi connectivity index (χ2n) is 8.99. The summed E-state index contributed by atoms with van der Waals surface area (Å²) in [5.74, 6) is 1.10. The molecule has 0 radical (unpaired) electrons. The van der Waals surface area contributed by atoms with E-state index in [1.165, 1.54) is 23.9 Å². The molecule has 9 heteroatoms. The van der Waals surface area contributed by atoms with Crippen LogP contribution >= 0.6 is 0 Å². The Kier molecular flexibility index (Phi) is 6.28. The van der Waals surface area contributed by atoms with Gasteiger partial charge in [0.2, 0.25) is 0 Å². The van der Waals surface area contributed by atoms with Gasteiger partial charge in [-0.3, -0.25) is 9.69 Å². The number of aliphatic hydroxyl groups excluding tert-OH is 1. The molecule has 32 heavy (non-hydrogen) atoms. The molecule has 0 spiro atoms. The number of fused-ring (bicyclic) bond motifs is 1. The maximum Gasteiger partial charge on any atom is 0.328 e. The molecule has 0 bridgehead atoms. The summed E-state index contributed by atoms with van der Waals surface area (Å²) >= 11 is 0. The van der Waals surface area contributed by atoms with E-state index >= 15 is 0 Å². The lowest BCUT2D eigenvalue weighted by Crippen LogP contribution is -2.65. The van der Waals surface area contributed by atoms with Crippen LogP contribution in [0.1, 0.15) is 30.4 Å². The van der Waals surface area contributed by atoms with Gasteiger partial charge in [0.05, 0.1) is 6.54 Å². The normalized spacial score (nSPS) is 24.6. The number of imide groups is 1. The zero-order valence-electron chi connectivity index (χ0n) is 19.3. The highest BCUT2D eigenvalue weighted by Crippen LogP contribution is 2.29. The summed E-state index contributed by atoms with van der Waals surface area (Å²) < 4.78 is 5.83. The summed E-state index contributed by atoms with van der Waals surface area (Å²) in [5, 5.41) is 10.8. The molecule has 2 saturated heterocycles. The Morgan fingerprint density at radius 3 is 2.53 bits per heavy atom. The van der Waals surface area contributed by atoms with Crippen LogP contribution in [0.2, 0.25) is 0 Å². The lowest BCUT2D eigenvalue weighted by Gasteiger charge is -2.41. The van der Waals surface area contributed by atoms with E-state index < -0.39 is 18.3 Å². The van der Waals surface area contributed by atoms with Gasteiger partial charge in [-0.2, -0.15) is 0 Å². The average Bonchev–Trinajstić information content (AvgIpc) is 3.17. The summed E-state index contributed by atoms with van der Waals surface area (Å²) in [6.07, 6.45) is 1.87. The first-order valence-corrected chi connectivity index (χ1v) is 11.3. The van der Waals surface area contributed by atoms with Crippen molar-refractivity contribution in [3.8, 4) is 5.75 Å². The number of rotatable bonds is 5. The molecule has 1 aromatic carbocycles. The quantitative estimate of drug-likeness (QED) is 0.741. The van der Waals surface area contributed by atoms with Gasteiger partial charge in [-0.05, 0) is 56.4 Å². The fourth-order valence-corrected chi connectivity index (χ4v) is 4.58. The van der Waals surface area contributed by atoms with Crippen molar-refractivity contribution in [2.24, 2.45) is 4.99 Å². The fraction of sp³-hybridized carbons (Fsp3) is 0.609. The van der Waals surface area contributed by atoms with Crippen LogP contribution in [0, 0.1) is 13.8 Å². The number of amides is 3. The first kappa shape index (κ1) is 22.4. The predicted molar refractivity (Wildman–Crippen MR) is 120 cm³/mol. The van der Waals surface area contributed by atoms with Crippen LogP contribution in [-0.4, -0.2) is 101 Å². The number of aliphatic hydroxyl groups is 1. The molecular weight excluding hydrogens is 410 g/mol. The minimum Gasteiger partial charge on any atom is -0.491 e. The fourth-order valence-electron chi connectivity index (χ4n) is 4.58. The summed E-state index contributed by atoms with van der Waals surface area (Å²) in [5.41, 5.74) is 2.31. The average molecular weight is 444 g/mol. The van der Waals surface area contributed by atoms with Crippen molar-refractivity contribution in [2.75, 3.05) is 40.3 Å². The van der Waals surface area contributed by atoms with Gasteiger partial charge in [0.15, 0.2) is 18.2 Å². The van der Waals surface area contributed by atoms with Crippen molar-refractivity contribution in [1.82, 2.24) is 19.6 Å². The number of benzene rings is 1. The Balaban J connectivity index is 1.51. The van der Waals surface area contributed by atoms with Crippen molar-refractivity contribution >= 4 is 17.9 Å². The molecule has 1 N–H and O–H groups in total. The van der Waals surface area contributed by atoms with Gasteiger partial charge < -0.3 is 24.5 Å². The van der Waals surface area contributed by atoms with Gasteiger partial charge in [0.1, 0.15) is 18.5 Å². The molecule has 3 aliphatic heterocycles. The first-order valence-electron chi connectivity index (χ1n) is 11.3. The third-order valence-corrected chi connectivity index (χ3v) is 6.66. The molecule has 0 saturated carbocycles. The number of carbonyl (C=O) groups excluding carboxylic acids is 2. The van der Waals surface area contributed by atoms with Gasteiger partial charge in [0.25, 0.3) is 5.91 Å². The second-order valence-corrected chi connectivity index (χ2v) is 8.99. The SMILES string of the molecule is Cc1ccc(OCC(O)CN2C(N3CCCCC3)=NC3C2C(=O)N(C)C(=O)N3C)cc1C. The highest BCUT2D eigenvalue weighted by Gasteiger charge is 2.52. The minimum atomic E-state index is -0.827. The Labute approximate surface area is 189 Å². The van der Waals surface area contributed by atoms with Crippen LogP contribution in [0.3, 0.4) is 0 Å². The molecule has 4 rings (SSSR count). The molecule has 3 unspecified atom stereocenters. The molecule has 2 fully saturated rings. The van der Waals surface area contributed by atoms with Gasteiger partial charge in [-0.25, -0.2) is 9.79 Å². The van der Waals surface area contributed by atoms with Crippen LogP contribution in [0.25, 0.3) is 0 Å². The minimum absolute atomic E-state index is 0.0997. The number of hydrogen-bond acceptors (Lipinski definition) is 7. The number of nitrogens with zero attached hydrogens (tertiary/aromatic N) is 5. The van der Waals surface area contributed by atoms with Crippen LogP contribution in [0.15, 0.2) is 23.2 Å². The van der Waals surface area contributed by atoms with Gasteiger partial charge >= 0.3 is 6.03 Å². The number of carbonyl (C=O) groups is 2. The molecule has 3 atom stereocenters. The maximum atomic E-state index is 13.1. The number of likely N-dealkylation sites (N-methyl/N-ethyl adjacent to an activating group) is 2. The summed E-state index contributed by atoms with van der Waals surface area (Å²) in [7, 11) is 3.16. The summed E-state index contributed by atoms with van der Waals surface area (Å²) in [6, 6.07) is 4.83. The van der Waals surface area contributed by atoms with E-state index in [2.05, 4.69) is 4.90 Å². The van der Waals surface area contributed by atoms with E-state index in [0.717, 1.165) is 36.4 Å². The molecule has 3 amide bonds. The second kappa shape index (κ2) is 8.97. The molecule has 9 nitrogen and oxygen atoms in total.